The Morgan fingerprint density at radius 2 is 1.74 bits per heavy atom. The smallest absolute Gasteiger partial charge is 0.271 e. The van der Waals surface area contributed by atoms with E-state index in [1.54, 1.807) is 0 Å². The number of nitrogens with zero attached hydrogens (tertiary/aromatic N) is 1. The number of amides is 2. The van der Waals surface area contributed by atoms with E-state index in [9.17, 15) is 18.4 Å². The van der Waals surface area contributed by atoms with Crippen molar-refractivity contribution in [3.05, 3.63) is 11.7 Å². The molecule has 6 heteroatoms. The van der Waals surface area contributed by atoms with E-state index >= 15 is 0 Å². The Morgan fingerprint density at radius 1 is 1.06 bits per heavy atom. The third kappa shape index (κ3) is 4.11. The highest BCUT2D eigenvalue weighted by Crippen LogP contribution is 2.66. The topological polar surface area (TPSA) is 49.4 Å². The summed E-state index contributed by atoms with van der Waals surface area (Å²) in [5, 5.41) is 3.04. The van der Waals surface area contributed by atoms with Crippen LogP contribution in [0.15, 0.2) is 11.7 Å². The molecule has 1 heterocycles. The van der Waals surface area contributed by atoms with Gasteiger partial charge in [0, 0.05) is 31.0 Å². The van der Waals surface area contributed by atoms with E-state index < -0.39 is 12.1 Å². The summed E-state index contributed by atoms with van der Waals surface area (Å²) >= 11 is 0. The van der Waals surface area contributed by atoms with E-state index in [1.165, 1.54) is 6.92 Å². The molecule has 4 fully saturated rings. The van der Waals surface area contributed by atoms with Gasteiger partial charge < -0.3 is 10.2 Å². The standard InChI is InChI=1S/C28H44F2N2O2/c1-16(2)15-22(17(3)25(29)30)31-26(34)21-9-8-19-18-7-10-23-28(5,14-12-24(33)32(23)6)20(18)11-13-27(19,21)4/h16,18-23H,7-15H2,1-6H3,(H,31,34)/t18-,19-,20-,21+,22?,23+,27-,28+/m0/s1. The van der Waals surface area contributed by atoms with Gasteiger partial charge in [-0.15, -0.1) is 0 Å². The van der Waals surface area contributed by atoms with Crippen molar-refractivity contribution in [2.24, 2.45) is 40.4 Å². The van der Waals surface area contributed by atoms with Crippen LogP contribution in [0.25, 0.3) is 0 Å². The number of hydrogen-bond acceptors (Lipinski definition) is 2. The number of fused-ring (bicyclic) bond motifs is 5. The summed E-state index contributed by atoms with van der Waals surface area (Å²) in [6.45, 7) is 10.2. The van der Waals surface area contributed by atoms with Gasteiger partial charge in [0.15, 0.2) is 0 Å². The number of rotatable bonds is 5. The Kier molecular flexibility index (Phi) is 6.94. The molecule has 1 saturated heterocycles. The number of nitrogens with one attached hydrogen (secondary N) is 1. The average Bonchev–Trinajstić information content (AvgIpc) is 3.12. The van der Waals surface area contributed by atoms with Gasteiger partial charge in [-0.1, -0.05) is 27.7 Å². The molecule has 1 unspecified atom stereocenters. The Bertz CT molecular complexity index is 853. The summed E-state index contributed by atoms with van der Waals surface area (Å²) in [5.74, 6) is 2.06. The van der Waals surface area contributed by atoms with Gasteiger partial charge >= 0.3 is 0 Å². The van der Waals surface area contributed by atoms with Gasteiger partial charge in [0.05, 0.1) is 6.04 Å². The predicted octanol–water partition coefficient (Wildman–Crippen LogP) is 6.17. The summed E-state index contributed by atoms with van der Waals surface area (Å²) in [6.07, 6.45) is 6.67. The number of hydrogen-bond donors (Lipinski definition) is 1. The lowest BCUT2D eigenvalue weighted by Gasteiger charge is -2.61. The fourth-order valence-corrected chi connectivity index (χ4v) is 8.80. The van der Waals surface area contributed by atoms with Crippen LogP contribution < -0.4 is 5.32 Å². The van der Waals surface area contributed by atoms with Crippen LogP contribution in [0.5, 0.6) is 0 Å². The lowest BCUT2D eigenvalue weighted by molar-refractivity contribution is -0.159. The monoisotopic (exact) mass is 478 g/mol. The van der Waals surface area contributed by atoms with Crippen LogP contribution in [0.1, 0.15) is 92.4 Å². The molecule has 8 atom stereocenters. The van der Waals surface area contributed by atoms with Gasteiger partial charge in [0.1, 0.15) is 0 Å². The normalized spacial score (nSPS) is 40.3. The highest BCUT2D eigenvalue weighted by Gasteiger charge is 2.62. The van der Waals surface area contributed by atoms with Gasteiger partial charge in [-0.2, -0.15) is 8.78 Å². The number of carbonyl (C=O) groups excluding carboxylic acids is 2. The zero-order chi connectivity index (χ0) is 25.0. The van der Waals surface area contributed by atoms with Crippen molar-refractivity contribution in [2.75, 3.05) is 7.05 Å². The first-order valence-electron chi connectivity index (χ1n) is 13.5. The fraction of sp³-hybridized carbons (Fsp3) is 0.857. The molecule has 3 saturated carbocycles. The van der Waals surface area contributed by atoms with Gasteiger partial charge in [0.2, 0.25) is 11.8 Å². The fourth-order valence-electron chi connectivity index (χ4n) is 8.80. The molecule has 3 aliphatic carbocycles. The van der Waals surface area contributed by atoms with Crippen LogP contribution in [-0.2, 0) is 9.59 Å². The number of carbonyl (C=O) groups is 2. The minimum Gasteiger partial charge on any atom is -0.349 e. The number of piperidine rings is 1. The average molecular weight is 479 g/mol. The molecule has 4 nitrogen and oxygen atoms in total. The van der Waals surface area contributed by atoms with Crippen LogP contribution in [0, 0.1) is 40.4 Å². The molecule has 34 heavy (non-hydrogen) atoms. The van der Waals surface area contributed by atoms with Crippen molar-refractivity contribution in [1.29, 1.82) is 0 Å². The predicted molar refractivity (Wildman–Crippen MR) is 130 cm³/mol. The van der Waals surface area contributed by atoms with Crippen LogP contribution in [0.3, 0.4) is 0 Å². The molecular formula is C28H44F2N2O2. The molecule has 1 aliphatic heterocycles. The first kappa shape index (κ1) is 25.6. The van der Waals surface area contributed by atoms with Crippen LogP contribution in [-0.4, -0.2) is 35.8 Å². The van der Waals surface area contributed by atoms with Crippen molar-refractivity contribution in [2.45, 2.75) is 104 Å². The molecule has 0 spiro atoms. The summed E-state index contributed by atoms with van der Waals surface area (Å²) in [5.41, 5.74) is 0.0857. The second-order valence-electron chi connectivity index (χ2n) is 12.8. The number of likely N-dealkylation sites (tertiary alicyclic amines) is 1. The van der Waals surface area contributed by atoms with E-state index in [0.717, 1.165) is 44.9 Å². The maximum atomic E-state index is 13.5. The van der Waals surface area contributed by atoms with Crippen molar-refractivity contribution < 1.29 is 18.4 Å². The Labute approximate surface area is 204 Å². The van der Waals surface area contributed by atoms with Crippen molar-refractivity contribution in [3.8, 4) is 0 Å². The summed E-state index contributed by atoms with van der Waals surface area (Å²) in [6, 6.07) is -0.261. The number of halogens is 2. The molecule has 1 N–H and O–H groups in total. The van der Waals surface area contributed by atoms with Crippen molar-refractivity contribution >= 4 is 11.8 Å². The third-order valence-corrected chi connectivity index (χ3v) is 10.7. The zero-order valence-corrected chi connectivity index (χ0v) is 21.9. The third-order valence-electron chi connectivity index (χ3n) is 10.7. The maximum Gasteiger partial charge on any atom is 0.271 e. The summed E-state index contributed by atoms with van der Waals surface area (Å²) in [4.78, 5) is 27.9. The summed E-state index contributed by atoms with van der Waals surface area (Å²) in [7, 11) is 1.98. The van der Waals surface area contributed by atoms with Crippen molar-refractivity contribution in [1.82, 2.24) is 10.2 Å². The lowest BCUT2D eigenvalue weighted by atomic mass is 9.47. The molecule has 4 rings (SSSR count). The van der Waals surface area contributed by atoms with Crippen molar-refractivity contribution in [3.63, 3.8) is 0 Å². The molecule has 0 aromatic heterocycles. The minimum absolute atomic E-state index is 0.00679. The van der Waals surface area contributed by atoms with Gasteiger partial charge in [0.25, 0.3) is 6.08 Å². The second-order valence-corrected chi connectivity index (χ2v) is 12.8. The van der Waals surface area contributed by atoms with Gasteiger partial charge in [-0.25, -0.2) is 0 Å². The molecular weight excluding hydrogens is 434 g/mol. The largest absolute Gasteiger partial charge is 0.349 e. The lowest BCUT2D eigenvalue weighted by Crippen LogP contribution is -2.61. The molecule has 2 amide bonds. The first-order chi connectivity index (χ1) is 15.9. The van der Waals surface area contributed by atoms with Crippen LogP contribution in [0.2, 0.25) is 0 Å². The molecule has 4 aliphatic rings. The van der Waals surface area contributed by atoms with E-state index in [0.29, 0.717) is 36.6 Å². The van der Waals surface area contributed by atoms with E-state index in [2.05, 4.69) is 19.2 Å². The Balaban J connectivity index is 1.52. The van der Waals surface area contributed by atoms with Crippen LogP contribution in [0.4, 0.5) is 8.78 Å². The van der Waals surface area contributed by atoms with Crippen LogP contribution >= 0.6 is 0 Å². The molecule has 192 valence electrons. The molecule has 0 aromatic rings. The Hall–Kier alpha value is -1.46. The quantitative estimate of drug-likeness (QED) is 0.514. The summed E-state index contributed by atoms with van der Waals surface area (Å²) < 4.78 is 26.8. The highest BCUT2D eigenvalue weighted by molar-refractivity contribution is 5.80. The highest BCUT2D eigenvalue weighted by atomic mass is 19.3. The Morgan fingerprint density at radius 3 is 2.38 bits per heavy atom. The van der Waals surface area contributed by atoms with E-state index in [-0.39, 0.29) is 40.1 Å². The maximum absolute atomic E-state index is 13.5. The second kappa shape index (κ2) is 9.20. The first-order valence-corrected chi connectivity index (χ1v) is 13.5. The zero-order valence-electron chi connectivity index (χ0n) is 21.9. The van der Waals surface area contributed by atoms with Gasteiger partial charge in [-0.3, -0.25) is 9.59 Å². The van der Waals surface area contributed by atoms with Gasteiger partial charge in [-0.05, 0) is 92.8 Å². The molecule has 0 bridgehead atoms. The molecule has 0 aromatic carbocycles. The SMILES string of the molecule is CC(=C(F)F)C(CC(C)C)NC(=O)[C@H]1CC[C@H]2[C@@H]3CC[C@H]4N(C)C(=O)CC[C@]4(C)[C@H]3CC[C@]12C. The van der Waals surface area contributed by atoms with E-state index in [1.807, 2.05) is 25.8 Å². The minimum atomic E-state index is -1.68. The van der Waals surface area contributed by atoms with E-state index in [4.69, 9.17) is 0 Å². The molecule has 0 radical (unpaired) electrons.